The number of aliphatic hydroxyl groups is 1. The molecule has 2 bridgehead atoms. The molecule has 3 rings (SSSR count). The van der Waals surface area contributed by atoms with Crippen LogP contribution in [0.4, 0.5) is 4.79 Å². The highest BCUT2D eigenvalue weighted by Gasteiger charge is 2.49. The lowest BCUT2D eigenvalue weighted by atomic mass is 9.90. The van der Waals surface area contributed by atoms with E-state index in [2.05, 4.69) is 24.4 Å². The van der Waals surface area contributed by atoms with Crippen molar-refractivity contribution in [1.29, 1.82) is 0 Å². The minimum atomic E-state index is -1.51. The third-order valence-corrected chi connectivity index (χ3v) is 6.61. The zero-order chi connectivity index (χ0) is 20.1. The molecule has 3 heterocycles. The molecule has 0 aromatic rings. The number of allylic oxidation sites excluding steroid dienone is 3. The Kier molecular flexibility index (Phi) is 7.23. The van der Waals surface area contributed by atoms with Crippen molar-refractivity contribution in [1.82, 2.24) is 5.32 Å². The maximum Gasteiger partial charge on any atom is 0.330 e. The van der Waals surface area contributed by atoms with Crippen LogP contribution in [0, 0.1) is 5.92 Å². The molecule has 7 heteroatoms. The van der Waals surface area contributed by atoms with Gasteiger partial charge in [0.1, 0.15) is 6.10 Å². The van der Waals surface area contributed by atoms with Crippen LogP contribution < -0.4 is 5.32 Å². The minimum Gasteiger partial charge on any atom is -0.459 e. The Morgan fingerprint density at radius 3 is 2.86 bits per heavy atom. The molecule has 6 nitrogen and oxygen atoms in total. The summed E-state index contributed by atoms with van der Waals surface area (Å²) in [6.45, 7) is 4.22. The Labute approximate surface area is 171 Å². The molecule has 156 valence electrons. The molecule has 2 N–H and O–H groups in total. The Morgan fingerprint density at radius 1 is 1.32 bits per heavy atom. The average molecular weight is 410 g/mol. The maximum absolute atomic E-state index is 12.4. The van der Waals surface area contributed by atoms with Crippen LogP contribution in [0.15, 0.2) is 23.8 Å². The van der Waals surface area contributed by atoms with Gasteiger partial charge in [0.2, 0.25) is 0 Å². The first-order valence-corrected chi connectivity index (χ1v) is 11.3. The van der Waals surface area contributed by atoms with Crippen molar-refractivity contribution in [3.8, 4) is 0 Å². The second-order valence-electron chi connectivity index (χ2n) is 8.06. The molecule has 3 aliphatic heterocycles. The largest absolute Gasteiger partial charge is 0.459 e. The van der Waals surface area contributed by atoms with E-state index in [4.69, 9.17) is 9.47 Å². The Bertz CT molecular complexity index is 649. The van der Waals surface area contributed by atoms with Crippen molar-refractivity contribution >= 4 is 23.0 Å². The minimum absolute atomic E-state index is 0.158. The lowest BCUT2D eigenvalue weighted by Gasteiger charge is -2.43. The Morgan fingerprint density at radius 2 is 2.14 bits per heavy atom. The summed E-state index contributed by atoms with van der Waals surface area (Å²) in [5.74, 6) is -1.01. The van der Waals surface area contributed by atoms with Crippen LogP contribution in [0.1, 0.15) is 58.8 Å². The first-order valence-electron chi connectivity index (χ1n) is 10.3. The topological polar surface area (TPSA) is 84.9 Å². The normalized spacial score (nSPS) is 37.6. The van der Waals surface area contributed by atoms with E-state index in [1.165, 1.54) is 0 Å². The third kappa shape index (κ3) is 5.61. The van der Waals surface area contributed by atoms with E-state index in [-0.39, 0.29) is 23.7 Å². The standard InChI is InChI=1S/C21H31NO5S/c1-3-15-7-5-4-6-14(2)8-9-16-11-17(26-19(23)10-15)12-21(25,27-16)18-13-28-20(24)22-18/h4,6,10,14,16-18,25H,3,5,7-9,11-13H2,1-2H3,(H,22,24)/t14-,16-,17-,18+,21-/m1/s1. The van der Waals surface area contributed by atoms with E-state index in [1.807, 2.05) is 6.92 Å². The molecular formula is C21H31NO5S. The maximum atomic E-state index is 12.4. The summed E-state index contributed by atoms with van der Waals surface area (Å²) < 4.78 is 11.8. The number of rotatable bonds is 2. The predicted octanol–water partition coefficient (Wildman–Crippen LogP) is 3.69. The highest BCUT2D eigenvalue weighted by atomic mass is 32.2. The van der Waals surface area contributed by atoms with Gasteiger partial charge in [-0.1, -0.05) is 43.3 Å². The smallest absolute Gasteiger partial charge is 0.330 e. The number of hydrogen-bond donors (Lipinski definition) is 2. The number of amides is 1. The van der Waals surface area contributed by atoms with Crippen molar-refractivity contribution in [2.75, 3.05) is 5.75 Å². The van der Waals surface area contributed by atoms with Crippen LogP contribution in [-0.4, -0.2) is 46.1 Å². The quantitative estimate of drug-likeness (QED) is 0.534. The van der Waals surface area contributed by atoms with Crippen molar-refractivity contribution in [3.63, 3.8) is 0 Å². The van der Waals surface area contributed by atoms with E-state index in [0.29, 0.717) is 18.1 Å². The van der Waals surface area contributed by atoms with Gasteiger partial charge < -0.3 is 19.9 Å². The molecule has 0 aromatic heterocycles. The summed E-state index contributed by atoms with van der Waals surface area (Å²) in [7, 11) is 0. The second kappa shape index (κ2) is 9.46. The molecule has 1 amide bonds. The van der Waals surface area contributed by atoms with E-state index >= 15 is 0 Å². The van der Waals surface area contributed by atoms with Gasteiger partial charge in [0.05, 0.1) is 12.1 Å². The molecule has 0 aromatic carbocycles. The third-order valence-electron chi connectivity index (χ3n) is 5.73. The molecule has 28 heavy (non-hydrogen) atoms. The van der Waals surface area contributed by atoms with E-state index in [0.717, 1.165) is 49.4 Å². The highest BCUT2D eigenvalue weighted by molar-refractivity contribution is 8.14. The summed E-state index contributed by atoms with van der Waals surface area (Å²) in [4.78, 5) is 24.1. The van der Waals surface area contributed by atoms with Gasteiger partial charge in [-0.3, -0.25) is 4.79 Å². The fourth-order valence-corrected chi connectivity index (χ4v) is 4.95. The van der Waals surface area contributed by atoms with E-state index in [1.54, 1.807) is 6.08 Å². The number of esters is 1. The summed E-state index contributed by atoms with van der Waals surface area (Å²) >= 11 is 1.14. The summed E-state index contributed by atoms with van der Waals surface area (Å²) in [5.41, 5.74) is 1.07. The van der Waals surface area contributed by atoms with Gasteiger partial charge in [0.15, 0.2) is 5.79 Å². The van der Waals surface area contributed by atoms with Gasteiger partial charge in [-0.05, 0) is 38.0 Å². The van der Waals surface area contributed by atoms with Crippen LogP contribution in [0.2, 0.25) is 0 Å². The second-order valence-corrected chi connectivity index (χ2v) is 9.05. The molecule has 0 spiro atoms. The van der Waals surface area contributed by atoms with Gasteiger partial charge >= 0.3 is 5.97 Å². The SMILES string of the molecule is CCC1=CC(=O)O[C@@H]2C[C@@H](CC[C@H](C)C=CCC1)O[C@@](O)([C@@H]1CSC(=O)N1)C2. The lowest BCUT2D eigenvalue weighted by molar-refractivity contribution is -0.283. The number of thioether (sulfide) groups is 1. The number of carbonyl (C=O) groups excluding carboxylic acids is 2. The van der Waals surface area contributed by atoms with Gasteiger partial charge in [0, 0.05) is 24.7 Å². The van der Waals surface area contributed by atoms with Gasteiger partial charge in [-0.2, -0.15) is 0 Å². The zero-order valence-electron chi connectivity index (χ0n) is 16.7. The van der Waals surface area contributed by atoms with Crippen molar-refractivity contribution in [3.05, 3.63) is 23.8 Å². The number of hydrogen-bond acceptors (Lipinski definition) is 6. The first kappa shape index (κ1) is 21.4. The number of carbonyl (C=O) groups is 2. The monoisotopic (exact) mass is 409 g/mol. The molecule has 0 radical (unpaired) electrons. The van der Waals surface area contributed by atoms with Crippen LogP contribution in [0.5, 0.6) is 0 Å². The van der Waals surface area contributed by atoms with Gasteiger partial charge in [0.25, 0.3) is 5.24 Å². The Hall–Kier alpha value is -1.31. The molecule has 5 atom stereocenters. The highest BCUT2D eigenvalue weighted by Crippen LogP contribution is 2.37. The predicted molar refractivity (Wildman–Crippen MR) is 109 cm³/mol. The van der Waals surface area contributed by atoms with Crippen LogP contribution in [0.3, 0.4) is 0 Å². The molecule has 2 fully saturated rings. The Balaban J connectivity index is 1.79. The van der Waals surface area contributed by atoms with E-state index in [9.17, 15) is 14.7 Å². The number of ether oxygens (including phenoxy) is 2. The van der Waals surface area contributed by atoms with Crippen LogP contribution >= 0.6 is 11.8 Å². The van der Waals surface area contributed by atoms with Gasteiger partial charge in [-0.15, -0.1) is 0 Å². The summed E-state index contributed by atoms with van der Waals surface area (Å²) in [6, 6.07) is -0.494. The summed E-state index contributed by atoms with van der Waals surface area (Å²) in [6.07, 6.45) is 10.4. The van der Waals surface area contributed by atoms with Crippen molar-refractivity contribution in [2.45, 2.75) is 82.8 Å². The molecule has 0 aliphatic carbocycles. The fraction of sp³-hybridized carbons (Fsp3) is 0.714. The average Bonchev–Trinajstić information content (AvgIpc) is 3.09. The fourth-order valence-electron chi connectivity index (χ4n) is 4.06. The zero-order valence-corrected chi connectivity index (χ0v) is 17.5. The molecule has 3 aliphatic rings. The van der Waals surface area contributed by atoms with Gasteiger partial charge in [-0.25, -0.2) is 4.79 Å². The first-order chi connectivity index (χ1) is 13.4. The molecule has 0 saturated carbocycles. The van der Waals surface area contributed by atoms with E-state index < -0.39 is 17.9 Å². The van der Waals surface area contributed by atoms with Crippen LogP contribution in [-0.2, 0) is 14.3 Å². The number of fused-ring (bicyclic) bond motifs is 2. The van der Waals surface area contributed by atoms with Crippen molar-refractivity contribution < 1.29 is 24.2 Å². The molecule has 0 unspecified atom stereocenters. The summed E-state index contributed by atoms with van der Waals surface area (Å²) in [5, 5.41) is 13.8. The molecular weight excluding hydrogens is 378 g/mol. The lowest BCUT2D eigenvalue weighted by Crippen LogP contribution is -2.58. The molecule has 2 saturated heterocycles. The van der Waals surface area contributed by atoms with Crippen LogP contribution in [0.25, 0.3) is 0 Å². The van der Waals surface area contributed by atoms with Crippen molar-refractivity contribution in [2.24, 2.45) is 5.92 Å². The number of nitrogens with one attached hydrogen (secondary N) is 1.